The largest absolute Gasteiger partial charge is 0.360 e. The van der Waals surface area contributed by atoms with E-state index in [1.54, 1.807) is 7.05 Å². The molecule has 0 radical (unpaired) electrons. The first-order chi connectivity index (χ1) is 6.72. The first-order valence-electron chi connectivity index (χ1n) is 4.03. The maximum absolute atomic E-state index is 10.8. The fourth-order valence-corrected chi connectivity index (χ4v) is 1.94. The van der Waals surface area contributed by atoms with Crippen LogP contribution in [0, 0.1) is 0 Å². The van der Waals surface area contributed by atoms with Gasteiger partial charge in [-0.2, -0.15) is 0 Å². The van der Waals surface area contributed by atoms with Crippen LogP contribution in [0.2, 0.25) is 0 Å². The number of amides is 2. The smallest absolute Gasteiger partial charge is 0.314 e. The molecule has 0 unspecified atom stereocenters. The minimum atomic E-state index is -0.174. The average Bonchev–Trinajstić information content (AvgIpc) is 2.58. The fourth-order valence-electron chi connectivity index (χ4n) is 0.769. The van der Waals surface area contributed by atoms with E-state index in [2.05, 4.69) is 36.9 Å². The normalized spacial score (nSPS) is 9.57. The summed E-state index contributed by atoms with van der Waals surface area (Å²) >= 11 is 4.77. The van der Waals surface area contributed by atoms with E-state index in [4.69, 9.17) is 0 Å². The number of hydrogen-bond acceptors (Lipinski definition) is 4. The Morgan fingerprint density at radius 2 is 2.43 bits per heavy atom. The number of thiazole rings is 1. The van der Waals surface area contributed by atoms with Gasteiger partial charge in [0.15, 0.2) is 5.13 Å². The van der Waals surface area contributed by atoms with E-state index < -0.39 is 0 Å². The zero-order valence-electron chi connectivity index (χ0n) is 7.63. The Bertz CT molecular complexity index is 304. The monoisotopic (exact) mass is 278 g/mol. The molecule has 0 saturated carbocycles. The molecular formula is C7H11BrN4OS. The Hall–Kier alpha value is -0.820. The second-order valence-corrected chi connectivity index (χ2v) is 4.08. The van der Waals surface area contributed by atoms with Crippen LogP contribution in [0.15, 0.2) is 9.98 Å². The van der Waals surface area contributed by atoms with Crippen LogP contribution in [-0.2, 0) is 0 Å². The van der Waals surface area contributed by atoms with Crippen molar-refractivity contribution in [3.8, 4) is 0 Å². The second kappa shape index (κ2) is 5.82. The molecule has 0 bridgehead atoms. The molecule has 3 N–H and O–H groups in total. The quantitative estimate of drug-likeness (QED) is 0.727. The molecule has 2 amide bonds. The standard InChI is InChI=1S/C7H11BrN4OS/c1-9-6(13)10-2-3-11-7-12-5(8)4-14-7/h4H,2-3H2,1H3,(H,11,12)(H2,9,10,13). The molecule has 5 nitrogen and oxygen atoms in total. The molecule has 0 aromatic carbocycles. The highest BCUT2D eigenvalue weighted by Crippen LogP contribution is 2.18. The summed E-state index contributed by atoms with van der Waals surface area (Å²) < 4.78 is 0.823. The van der Waals surface area contributed by atoms with Crippen molar-refractivity contribution in [1.29, 1.82) is 0 Å². The van der Waals surface area contributed by atoms with Crippen LogP contribution in [0.4, 0.5) is 9.93 Å². The third-order valence-electron chi connectivity index (χ3n) is 1.39. The zero-order chi connectivity index (χ0) is 10.4. The van der Waals surface area contributed by atoms with Crippen molar-refractivity contribution in [3.05, 3.63) is 9.98 Å². The summed E-state index contributed by atoms with van der Waals surface area (Å²) in [5, 5.41) is 11.0. The van der Waals surface area contributed by atoms with Gasteiger partial charge in [-0.05, 0) is 15.9 Å². The van der Waals surface area contributed by atoms with Crippen LogP contribution in [-0.4, -0.2) is 31.2 Å². The van der Waals surface area contributed by atoms with Gasteiger partial charge in [0.1, 0.15) is 4.60 Å². The van der Waals surface area contributed by atoms with E-state index in [-0.39, 0.29) is 6.03 Å². The number of nitrogens with zero attached hydrogens (tertiary/aromatic N) is 1. The van der Waals surface area contributed by atoms with Gasteiger partial charge in [-0.15, -0.1) is 11.3 Å². The van der Waals surface area contributed by atoms with Gasteiger partial charge >= 0.3 is 6.03 Å². The Morgan fingerprint density at radius 1 is 1.64 bits per heavy atom. The van der Waals surface area contributed by atoms with Crippen LogP contribution >= 0.6 is 27.3 Å². The first kappa shape index (κ1) is 11.3. The molecule has 1 rings (SSSR count). The second-order valence-electron chi connectivity index (χ2n) is 2.41. The van der Waals surface area contributed by atoms with Gasteiger partial charge in [0.05, 0.1) is 0 Å². The Balaban J connectivity index is 2.13. The van der Waals surface area contributed by atoms with E-state index in [0.717, 1.165) is 9.73 Å². The van der Waals surface area contributed by atoms with E-state index in [0.29, 0.717) is 13.1 Å². The molecule has 0 aliphatic heterocycles. The maximum Gasteiger partial charge on any atom is 0.314 e. The summed E-state index contributed by atoms with van der Waals surface area (Å²) in [6, 6.07) is -0.174. The molecular weight excluding hydrogens is 268 g/mol. The minimum Gasteiger partial charge on any atom is -0.360 e. The number of halogens is 1. The fraction of sp³-hybridized carbons (Fsp3) is 0.429. The molecule has 7 heteroatoms. The van der Waals surface area contributed by atoms with Gasteiger partial charge in [0.25, 0.3) is 0 Å². The van der Waals surface area contributed by atoms with E-state index >= 15 is 0 Å². The number of urea groups is 1. The van der Waals surface area contributed by atoms with Crippen molar-refractivity contribution in [2.45, 2.75) is 0 Å². The maximum atomic E-state index is 10.8. The van der Waals surface area contributed by atoms with E-state index in [1.165, 1.54) is 11.3 Å². The first-order valence-corrected chi connectivity index (χ1v) is 5.70. The van der Waals surface area contributed by atoms with Crippen LogP contribution in [0.25, 0.3) is 0 Å². The average molecular weight is 279 g/mol. The van der Waals surface area contributed by atoms with Crippen LogP contribution in [0.3, 0.4) is 0 Å². The molecule has 78 valence electrons. The lowest BCUT2D eigenvalue weighted by atomic mass is 10.6. The molecule has 0 saturated heterocycles. The minimum absolute atomic E-state index is 0.174. The molecule has 14 heavy (non-hydrogen) atoms. The molecule has 0 spiro atoms. The summed E-state index contributed by atoms with van der Waals surface area (Å²) in [5.74, 6) is 0. The van der Waals surface area contributed by atoms with Gasteiger partial charge < -0.3 is 16.0 Å². The predicted octanol–water partition coefficient (Wildman–Crippen LogP) is 1.25. The van der Waals surface area contributed by atoms with Crippen molar-refractivity contribution < 1.29 is 4.79 Å². The number of anilines is 1. The zero-order valence-corrected chi connectivity index (χ0v) is 10.0. The van der Waals surface area contributed by atoms with E-state index in [9.17, 15) is 4.79 Å². The van der Waals surface area contributed by atoms with Gasteiger partial charge in [0, 0.05) is 25.5 Å². The molecule has 0 aliphatic carbocycles. The van der Waals surface area contributed by atoms with Gasteiger partial charge in [-0.3, -0.25) is 0 Å². The number of nitrogens with one attached hydrogen (secondary N) is 3. The van der Waals surface area contributed by atoms with Crippen molar-refractivity contribution in [2.24, 2.45) is 0 Å². The van der Waals surface area contributed by atoms with Crippen molar-refractivity contribution >= 4 is 38.4 Å². The number of aromatic nitrogens is 1. The number of carbonyl (C=O) groups is 1. The summed E-state index contributed by atoms with van der Waals surface area (Å²) in [6.45, 7) is 1.23. The van der Waals surface area contributed by atoms with Crippen molar-refractivity contribution in [2.75, 3.05) is 25.5 Å². The predicted molar refractivity (Wildman–Crippen MR) is 60.8 cm³/mol. The number of rotatable bonds is 4. The van der Waals surface area contributed by atoms with Crippen molar-refractivity contribution in [3.63, 3.8) is 0 Å². The topological polar surface area (TPSA) is 66.1 Å². The lowest BCUT2D eigenvalue weighted by molar-refractivity contribution is 0.243. The highest BCUT2D eigenvalue weighted by Gasteiger charge is 1.98. The number of carbonyl (C=O) groups excluding carboxylic acids is 1. The summed E-state index contributed by atoms with van der Waals surface area (Å²) in [4.78, 5) is 14.9. The van der Waals surface area contributed by atoms with Crippen LogP contribution in [0.5, 0.6) is 0 Å². The third kappa shape index (κ3) is 3.93. The summed E-state index contributed by atoms with van der Waals surface area (Å²) in [6.07, 6.45) is 0. The van der Waals surface area contributed by atoms with Crippen LogP contribution < -0.4 is 16.0 Å². The lowest BCUT2D eigenvalue weighted by Gasteiger charge is -2.04. The molecule has 0 aliphatic rings. The van der Waals surface area contributed by atoms with E-state index in [1.807, 2.05) is 5.38 Å². The molecule has 1 aromatic heterocycles. The van der Waals surface area contributed by atoms with Gasteiger partial charge in [0.2, 0.25) is 0 Å². The van der Waals surface area contributed by atoms with Crippen LogP contribution in [0.1, 0.15) is 0 Å². The Morgan fingerprint density at radius 3 is 3.00 bits per heavy atom. The molecule has 1 heterocycles. The Labute approximate surface area is 94.4 Å². The van der Waals surface area contributed by atoms with Gasteiger partial charge in [-0.1, -0.05) is 0 Å². The Kier molecular flexibility index (Phi) is 4.68. The third-order valence-corrected chi connectivity index (χ3v) is 2.90. The number of hydrogen-bond donors (Lipinski definition) is 3. The summed E-state index contributed by atoms with van der Waals surface area (Å²) in [7, 11) is 1.58. The summed E-state index contributed by atoms with van der Waals surface area (Å²) in [5.41, 5.74) is 0. The lowest BCUT2D eigenvalue weighted by Crippen LogP contribution is -2.35. The van der Waals surface area contributed by atoms with Crippen molar-refractivity contribution in [1.82, 2.24) is 15.6 Å². The SMILES string of the molecule is CNC(=O)NCCNc1nc(Br)cs1. The highest BCUT2D eigenvalue weighted by atomic mass is 79.9. The highest BCUT2D eigenvalue weighted by molar-refractivity contribution is 9.10. The molecule has 1 aromatic rings. The molecule has 0 atom stereocenters. The van der Waals surface area contributed by atoms with Gasteiger partial charge in [-0.25, -0.2) is 9.78 Å². The molecule has 0 fully saturated rings.